The molecule has 0 bridgehead atoms. The van der Waals surface area contributed by atoms with Crippen molar-refractivity contribution in [2.24, 2.45) is 5.92 Å². The predicted octanol–water partition coefficient (Wildman–Crippen LogP) is 3.80. The van der Waals surface area contributed by atoms with Crippen LogP contribution in [-0.4, -0.2) is 18.2 Å². The van der Waals surface area contributed by atoms with Gasteiger partial charge in [0.25, 0.3) is 0 Å². The van der Waals surface area contributed by atoms with Crippen molar-refractivity contribution in [2.75, 3.05) is 17.6 Å². The minimum Gasteiger partial charge on any atom is -0.324 e. The number of halogens is 1. The molecule has 1 aliphatic rings. The third-order valence-electron chi connectivity index (χ3n) is 2.92. The molecule has 2 rings (SSSR count). The zero-order chi connectivity index (χ0) is 14.0. The molecule has 1 aromatic rings. The first kappa shape index (κ1) is 14.9. The fourth-order valence-corrected chi connectivity index (χ4v) is 3.65. The van der Waals surface area contributed by atoms with Crippen LogP contribution in [0.5, 0.6) is 0 Å². The van der Waals surface area contributed by atoms with E-state index in [0.29, 0.717) is 5.92 Å². The van der Waals surface area contributed by atoms with Crippen LogP contribution >= 0.6 is 27.7 Å². The first-order chi connectivity index (χ1) is 9.02. The number of likely N-dealkylation sites (N-methyl/N-ethyl adjacent to an activating group) is 1. The maximum absolute atomic E-state index is 11.9. The zero-order valence-corrected chi connectivity index (χ0v) is 13.8. The lowest BCUT2D eigenvalue weighted by molar-refractivity contribution is -0.117. The van der Waals surface area contributed by atoms with Crippen molar-refractivity contribution in [1.82, 2.24) is 5.32 Å². The number of anilines is 1. The second-order valence-electron chi connectivity index (χ2n) is 5.05. The van der Waals surface area contributed by atoms with E-state index in [2.05, 4.69) is 52.5 Å². The SMILES string of the molecule is CCNC1C(=O)Nc2cc(SCC(C)C)c(Br)cc21. The van der Waals surface area contributed by atoms with Gasteiger partial charge in [-0.2, -0.15) is 0 Å². The van der Waals surface area contributed by atoms with Gasteiger partial charge in [-0.05, 0) is 40.5 Å². The van der Waals surface area contributed by atoms with E-state index in [0.717, 1.165) is 28.0 Å². The van der Waals surface area contributed by atoms with E-state index in [1.54, 1.807) is 0 Å². The Hall–Kier alpha value is -0.520. The molecule has 0 spiro atoms. The highest BCUT2D eigenvalue weighted by molar-refractivity contribution is 9.10. The van der Waals surface area contributed by atoms with E-state index in [-0.39, 0.29) is 11.9 Å². The lowest BCUT2D eigenvalue weighted by Crippen LogP contribution is -2.27. The number of fused-ring (bicyclic) bond motifs is 1. The topological polar surface area (TPSA) is 41.1 Å². The van der Waals surface area contributed by atoms with Crippen molar-refractivity contribution < 1.29 is 4.79 Å². The second kappa shape index (κ2) is 6.29. The number of carbonyl (C=O) groups excluding carboxylic acids is 1. The molecule has 3 nitrogen and oxygen atoms in total. The summed E-state index contributed by atoms with van der Waals surface area (Å²) in [4.78, 5) is 13.1. The lowest BCUT2D eigenvalue weighted by atomic mass is 10.1. The summed E-state index contributed by atoms with van der Waals surface area (Å²) >= 11 is 5.43. The predicted molar refractivity (Wildman–Crippen MR) is 84.8 cm³/mol. The number of carbonyl (C=O) groups is 1. The van der Waals surface area contributed by atoms with Crippen molar-refractivity contribution in [1.29, 1.82) is 0 Å². The first-order valence-electron chi connectivity index (χ1n) is 6.53. The molecule has 0 aromatic heterocycles. The Morgan fingerprint density at radius 1 is 1.47 bits per heavy atom. The van der Waals surface area contributed by atoms with Gasteiger partial charge in [0, 0.05) is 26.4 Å². The summed E-state index contributed by atoms with van der Waals surface area (Å²) in [6.45, 7) is 7.20. The Labute approximate surface area is 127 Å². The van der Waals surface area contributed by atoms with Crippen LogP contribution in [0.25, 0.3) is 0 Å². The fraction of sp³-hybridized carbons (Fsp3) is 0.500. The molecule has 1 amide bonds. The van der Waals surface area contributed by atoms with Crippen LogP contribution in [0.2, 0.25) is 0 Å². The molecule has 1 heterocycles. The molecule has 104 valence electrons. The van der Waals surface area contributed by atoms with Crippen molar-refractivity contribution in [3.05, 3.63) is 22.2 Å². The van der Waals surface area contributed by atoms with Crippen molar-refractivity contribution in [3.63, 3.8) is 0 Å². The molecule has 2 N–H and O–H groups in total. The van der Waals surface area contributed by atoms with E-state index < -0.39 is 0 Å². The number of hydrogen-bond donors (Lipinski definition) is 2. The monoisotopic (exact) mass is 342 g/mol. The number of hydrogen-bond acceptors (Lipinski definition) is 3. The molecular formula is C14H19BrN2OS. The zero-order valence-electron chi connectivity index (χ0n) is 11.4. The van der Waals surface area contributed by atoms with Gasteiger partial charge in [-0.1, -0.05) is 20.8 Å². The minimum atomic E-state index is -0.222. The van der Waals surface area contributed by atoms with Gasteiger partial charge in [0.2, 0.25) is 5.91 Å². The van der Waals surface area contributed by atoms with Crippen molar-refractivity contribution >= 4 is 39.3 Å². The normalized spacial score (nSPS) is 17.7. The molecule has 0 fully saturated rings. The van der Waals surface area contributed by atoms with E-state index in [1.165, 1.54) is 4.90 Å². The van der Waals surface area contributed by atoms with Gasteiger partial charge in [0.1, 0.15) is 6.04 Å². The summed E-state index contributed by atoms with van der Waals surface area (Å²) < 4.78 is 1.07. The van der Waals surface area contributed by atoms with Gasteiger partial charge in [0.15, 0.2) is 0 Å². The molecule has 0 aliphatic carbocycles. The lowest BCUT2D eigenvalue weighted by Gasteiger charge is -2.12. The number of amides is 1. The van der Waals surface area contributed by atoms with Gasteiger partial charge < -0.3 is 10.6 Å². The van der Waals surface area contributed by atoms with Gasteiger partial charge in [-0.3, -0.25) is 4.79 Å². The van der Waals surface area contributed by atoms with Crippen molar-refractivity contribution in [2.45, 2.75) is 31.7 Å². The maximum Gasteiger partial charge on any atom is 0.246 e. The Morgan fingerprint density at radius 2 is 2.21 bits per heavy atom. The van der Waals surface area contributed by atoms with E-state index in [4.69, 9.17) is 0 Å². The molecule has 19 heavy (non-hydrogen) atoms. The Bertz CT molecular complexity index is 491. The molecular weight excluding hydrogens is 324 g/mol. The third kappa shape index (κ3) is 3.33. The van der Waals surface area contributed by atoms with Crippen molar-refractivity contribution in [3.8, 4) is 0 Å². The number of rotatable bonds is 5. The number of thioether (sulfide) groups is 1. The van der Waals surface area contributed by atoms with E-state index in [9.17, 15) is 4.79 Å². The molecule has 1 atom stereocenters. The van der Waals surface area contributed by atoms with E-state index in [1.807, 2.05) is 18.7 Å². The third-order valence-corrected chi connectivity index (χ3v) is 5.32. The average molecular weight is 343 g/mol. The summed E-state index contributed by atoms with van der Waals surface area (Å²) in [5.41, 5.74) is 1.97. The van der Waals surface area contributed by atoms with Crippen LogP contribution in [0.4, 0.5) is 5.69 Å². The second-order valence-corrected chi connectivity index (χ2v) is 6.97. The molecule has 5 heteroatoms. The first-order valence-corrected chi connectivity index (χ1v) is 8.31. The van der Waals surface area contributed by atoms with Crippen LogP contribution in [0, 0.1) is 5.92 Å². The molecule has 1 unspecified atom stereocenters. The summed E-state index contributed by atoms with van der Waals surface area (Å²) in [6.07, 6.45) is 0. The highest BCUT2D eigenvalue weighted by Gasteiger charge is 2.30. The molecule has 1 aromatic carbocycles. The quantitative estimate of drug-likeness (QED) is 0.799. The van der Waals surface area contributed by atoms with Crippen LogP contribution in [0.3, 0.4) is 0 Å². The molecule has 0 saturated heterocycles. The van der Waals surface area contributed by atoms with Crippen LogP contribution in [0.1, 0.15) is 32.4 Å². The van der Waals surface area contributed by atoms with Gasteiger partial charge in [-0.25, -0.2) is 0 Å². The van der Waals surface area contributed by atoms with Gasteiger partial charge in [0.05, 0.1) is 0 Å². The van der Waals surface area contributed by atoms with E-state index >= 15 is 0 Å². The summed E-state index contributed by atoms with van der Waals surface area (Å²) in [7, 11) is 0. The summed E-state index contributed by atoms with van der Waals surface area (Å²) in [5.74, 6) is 1.76. The molecule has 1 aliphatic heterocycles. The fourth-order valence-electron chi connectivity index (χ4n) is 2.04. The minimum absolute atomic E-state index is 0.0368. The number of nitrogens with one attached hydrogen (secondary N) is 2. The number of benzene rings is 1. The Balaban J connectivity index is 2.25. The summed E-state index contributed by atoms with van der Waals surface area (Å²) in [6, 6.07) is 3.91. The highest BCUT2D eigenvalue weighted by atomic mass is 79.9. The smallest absolute Gasteiger partial charge is 0.246 e. The van der Waals surface area contributed by atoms with Crippen LogP contribution in [-0.2, 0) is 4.79 Å². The molecule has 0 radical (unpaired) electrons. The average Bonchev–Trinajstić information content (AvgIpc) is 2.63. The van der Waals surface area contributed by atoms with Crippen LogP contribution < -0.4 is 10.6 Å². The van der Waals surface area contributed by atoms with Crippen LogP contribution in [0.15, 0.2) is 21.5 Å². The van der Waals surface area contributed by atoms with Gasteiger partial charge >= 0.3 is 0 Å². The highest BCUT2D eigenvalue weighted by Crippen LogP contribution is 2.39. The standard InChI is InChI=1S/C14H19BrN2OS/c1-4-16-13-9-5-10(15)12(19-7-8(2)3)6-11(9)17-14(13)18/h5-6,8,13,16H,4,7H2,1-3H3,(H,17,18). The largest absolute Gasteiger partial charge is 0.324 e. The maximum atomic E-state index is 11.9. The van der Waals surface area contributed by atoms with Gasteiger partial charge in [-0.15, -0.1) is 11.8 Å². The molecule has 0 saturated carbocycles. The summed E-state index contributed by atoms with van der Waals surface area (Å²) in [5, 5.41) is 6.16. The Kier molecular flexibility index (Phi) is 4.92. The Morgan fingerprint density at radius 3 is 2.84 bits per heavy atom.